The van der Waals surface area contributed by atoms with E-state index >= 15 is 0 Å². The number of carboxylic acid groups (broad SMARTS) is 1. The van der Waals surface area contributed by atoms with Gasteiger partial charge >= 0.3 is 5.97 Å². The first-order valence-corrected chi connectivity index (χ1v) is 11.7. The molecule has 6 nitrogen and oxygen atoms in total. The molecule has 1 aliphatic heterocycles. The van der Waals surface area contributed by atoms with Gasteiger partial charge in [0, 0.05) is 19.4 Å². The van der Waals surface area contributed by atoms with E-state index in [9.17, 15) is 14.7 Å². The Hall–Kier alpha value is -3.12. The van der Waals surface area contributed by atoms with Gasteiger partial charge in [0.25, 0.3) is 0 Å². The van der Waals surface area contributed by atoms with Gasteiger partial charge in [0.2, 0.25) is 5.91 Å². The van der Waals surface area contributed by atoms with Crippen LogP contribution in [0.3, 0.4) is 0 Å². The molecule has 2 aromatic rings. The highest BCUT2D eigenvalue weighted by Gasteiger charge is 2.28. The number of carbonyl (C=O) groups is 2. The van der Waals surface area contributed by atoms with Crippen molar-refractivity contribution in [2.24, 2.45) is 0 Å². The topological polar surface area (TPSA) is 87.1 Å². The van der Waals surface area contributed by atoms with E-state index < -0.39 is 12.1 Å². The highest BCUT2D eigenvalue weighted by molar-refractivity contribution is 5.79. The number of nitrogens with zero attached hydrogens (tertiary/aromatic N) is 1. The lowest BCUT2D eigenvalue weighted by atomic mass is 10.0. The molecular weight excluding hydrogens is 418 g/mol. The highest BCUT2D eigenvalue weighted by atomic mass is 16.5. The van der Waals surface area contributed by atoms with Gasteiger partial charge in [0.15, 0.2) is 0 Å². The number of para-hydroxylation sites is 1. The van der Waals surface area contributed by atoms with Crippen LogP contribution in [-0.2, 0) is 16.2 Å². The second-order valence-corrected chi connectivity index (χ2v) is 8.43. The second-order valence-electron chi connectivity index (χ2n) is 8.43. The zero-order valence-corrected chi connectivity index (χ0v) is 18.9. The first-order chi connectivity index (χ1) is 16.0. The van der Waals surface area contributed by atoms with Gasteiger partial charge in [-0.05, 0) is 48.6 Å². The average molecular weight is 452 g/mol. The normalized spacial score (nSPS) is 16.9. The number of unbranched alkanes of at least 4 members (excludes halogenated alkanes) is 3. The van der Waals surface area contributed by atoms with Crippen LogP contribution < -0.4 is 4.74 Å². The number of aliphatic hydroxyl groups excluding tert-OH is 1. The summed E-state index contributed by atoms with van der Waals surface area (Å²) in [5, 5.41) is 19.4. The average Bonchev–Trinajstić information content (AvgIpc) is 3.18. The first kappa shape index (κ1) is 24.5. The minimum atomic E-state index is -0.761. The molecule has 176 valence electrons. The molecule has 1 aliphatic rings. The van der Waals surface area contributed by atoms with Gasteiger partial charge in [-0.15, -0.1) is 0 Å². The van der Waals surface area contributed by atoms with E-state index in [1.54, 1.807) is 6.08 Å². The minimum Gasteiger partial charge on any atom is -0.489 e. The summed E-state index contributed by atoms with van der Waals surface area (Å²) in [5.74, 6) is 0.184. The van der Waals surface area contributed by atoms with Crippen molar-refractivity contribution in [1.29, 1.82) is 0 Å². The van der Waals surface area contributed by atoms with Crippen LogP contribution in [0.2, 0.25) is 0 Å². The fourth-order valence-electron chi connectivity index (χ4n) is 4.05. The standard InChI is InChI=1S/C27H33NO5/c29-25(22-10-8-9-21(19-22)20-33-24-11-4-3-5-12-24)16-14-23-15-17-26(30)28(23)18-7-2-1-6-13-27(31)32/h3-5,8-12,14,16,19,23,25,29H,1-2,6-7,13,15,17-18,20H2,(H,31,32)/b16-14+/t23-,25?/m0/s1. The summed E-state index contributed by atoms with van der Waals surface area (Å²) in [6, 6.07) is 17.3. The van der Waals surface area contributed by atoms with Crippen LogP contribution in [0, 0.1) is 0 Å². The van der Waals surface area contributed by atoms with Gasteiger partial charge in [-0.25, -0.2) is 0 Å². The zero-order valence-electron chi connectivity index (χ0n) is 18.9. The molecule has 2 N–H and O–H groups in total. The Balaban J connectivity index is 1.49. The van der Waals surface area contributed by atoms with E-state index in [4.69, 9.17) is 9.84 Å². The molecule has 6 heteroatoms. The minimum absolute atomic E-state index is 0.00392. The number of rotatable bonds is 13. The van der Waals surface area contributed by atoms with Crippen molar-refractivity contribution < 1.29 is 24.5 Å². The third-order valence-corrected chi connectivity index (χ3v) is 5.87. The smallest absolute Gasteiger partial charge is 0.303 e. The van der Waals surface area contributed by atoms with Crippen LogP contribution in [0.1, 0.15) is 62.2 Å². The van der Waals surface area contributed by atoms with Gasteiger partial charge in [-0.3, -0.25) is 9.59 Å². The number of hydrogen-bond acceptors (Lipinski definition) is 4. The van der Waals surface area contributed by atoms with Crippen LogP contribution in [-0.4, -0.2) is 39.6 Å². The molecule has 0 aliphatic carbocycles. The molecule has 0 saturated carbocycles. The summed E-state index contributed by atoms with van der Waals surface area (Å²) < 4.78 is 5.79. The van der Waals surface area contributed by atoms with E-state index in [2.05, 4.69) is 0 Å². The number of ether oxygens (including phenoxy) is 1. The predicted octanol–water partition coefficient (Wildman–Crippen LogP) is 4.88. The number of carboxylic acids is 1. The quantitative estimate of drug-likeness (QED) is 0.335. The molecule has 1 amide bonds. The fraction of sp³-hybridized carbons (Fsp3) is 0.407. The van der Waals surface area contributed by atoms with Crippen molar-refractivity contribution in [2.45, 2.75) is 63.7 Å². The molecule has 0 spiro atoms. The summed E-state index contributed by atoms with van der Waals surface area (Å²) in [6.07, 6.45) is 7.73. The molecule has 33 heavy (non-hydrogen) atoms. The van der Waals surface area contributed by atoms with Crippen LogP contribution >= 0.6 is 0 Å². The van der Waals surface area contributed by atoms with Crippen LogP contribution in [0.25, 0.3) is 0 Å². The Morgan fingerprint density at radius 1 is 1.09 bits per heavy atom. The molecule has 3 rings (SSSR count). The van der Waals surface area contributed by atoms with Gasteiger partial charge in [-0.2, -0.15) is 0 Å². The van der Waals surface area contributed by atoms with E-state index in [-0.39, 0.29) is 18.4 Å². The predicted molar refractivity (Wildman–Crippen MR) is 127 cm³/mol. The summed E-state index contributed by atoms with van der Waals surface area (Å²) in [6.45, 7) is 1.09. The van der Waals surface area contributed by atoms with Crippen LogP contribution in [0.5, 0.6) is 5.75 Å². The van der Waals surface area contributed by atoms with Gasteiger partial charge in [0.1, 0.15) is 12.4 Å². The summed E-state index contributed by atoms with van der Waals surface area (Å²) >= 11 is 0. The van der Waals surface area contributed by atoms with Crippen LogP contribution in [0.4, 0.5) is 0 Å². The van der Waals surface area contributed by atoms with Crippen molar-refractivity contribution in [3.05, 3.63) is 77.9 Å². The lowest BCUT2D eigenvalue weighted by Crippen LogP contribution is -2.32. The summed E-state index contributed by atoms with van der Waals surface area (Å²) in [4.78, 5) is 24.7. The third-order valence-electron chi connectivity index (χ3n) is 5.87. The molecule has 0 bridgehead atoms. The molecule has 2 atom stereocenters. The molecule has 1 fully saturated rings. The maximum Gasteiger partial charge on any atom is 0.303 e. The number of hydrogen-bond donors (Lipinski definition) is 2. The second kappa shape index (κ2) is 12.8. The monoisotopic (exact) mass is 451 g/mol. The molecular formula is C27H33NO5. The maximum absolute atomic E-state index is 12.3. The SMILES string of the molecule is O=C(O)CCCCCCN1C(=O)CC[C@@H]1/C=C/C(O)c1cccc(COc2ccccc2)c1. The van der Waals surface area contributed by atoms with Crippen molar-refractivity contribution in [3.8, 4) is 5.75 Å². The number of aliphatic hydroxyl groups is 1. The number of benzene rings is 2. The Kier molecular flexibility index (Phi) is 9.51. The largest absolute Gasteiger partial charge is 0.489 e. The van der Waals surface area contributed by atoms with E-state index in [0.717, 1.165) is 42.6 Å². The molecule has 0 radical (unpaired) electrons. The van der Waals surface area contributed by atoms with Crippen LogP contribution in [0.15, 0.2) is 66.7 Å². The fourth-order valence-corrected chi connectivity index (χ4v) is 4.05. The molecule has 2 aromatic carbocycles. The zero-order chi connectivity index (χ0) is 23.5. The van der Waals surface area contributed by atoms with Gasteiger partial charge in [0.05, 0.1) is 12.1 Å². The van der Waals surface area contributed by atoms with Crippen molar-refractivity contribution in [3.63, 3.8) is 0 Å². The molecule has 0 aromatic heterocycles. The van der Waals surface area contributed by atoms with Crippen molar-refractivity contribution in [1.82, 2.24) is 4.90 Å². The lowest BCUT2D eigenvalue weighted by Gasteiger charge is -2.22. The number of aliphatic carboxylic acids is 1. The summed E-state index contributed by atoms with van der Waals surface area (Å²) in [7, 11) is 0. The Labute approximate surface area is 195 Å². The maximum atomic E-state index is 12.3. The lowest BCUT2D eigenvalue weighted by molar-refractivity contribution is -0.137. The van der Waals surface area contributed by atoms with Crippen molar-refractivity contribution >= 4 is 11.9 Å². The Morgan fingerprint density at radius 3 is 2.67 bits per heavy atom. The first-order valence-electron chi connectivity index (χ1n) is 11.7. The number of carbonyl (C=O) groups excluding carboxylic acids is 1. The van der Waals surface area contributed by atoms with Crippen molar-refractivity contribution in [2.75, 3.05) is 6.54 Å². The number of likely N-dealkylation sites (tertiary alicyclic amines) is 1. The van der Waals surface area contributed by atoms with Gasteiger partial charge < -0.3 is 19.8 Å². The Bertz CT molecular complexity index is 927. The highest BCUT2D eigenvalue weighted by Crippen LogP contribution is 2.23. The third kappa shape index (κ3) is 8.06. The van der Waals surface area contributed by atoms with E-state index in [1.807, 2.05) is 65.6 Å². The van der Waals surface area contributed by atoms with E-state index in [0.29, 0.717) is 26.0 Å². The van der Waals surface area contributed by atoms with Gasteiger partial charge in [-0.1, -0.05) is 61.4 Å². The molecule has 1 saturated heterocycles. The summed E-state index contributed by atoms with van der Waals surface area (Å²) in [5.41, 5.74) is 1.76. The van der Waals surface area contributed by atoms with E-state index in [1.165, 1.54) is 0 Å². The Morgan fingerprint density at radius 2 is 1.88 bits per heavy atom. The number of amides is 1. The molecule has 1 unspecified atom stereocenters. The molecule has 1 heterocycles.